The predicted molar refractivity (Wildman–Crippen MR) is 65.2 cm³/mol. The average Bonchev–Trinajstić information content (AvgIpc) is 2.29. The van der Waals surface area contributed by atoms with Crippen molar-refractivity contribution in [1.82, 2.24) is 0 Å². The Morgan fingerprint density at radius 2 is 2.07 bits per heavy atom. The summed E-state index contributed by atoms with van der Waals surface area (Å²) in [5.74, 6) is 1.28. The van der Waals surface area contributed by atoms with Crippen molar-refractivity contribution in [3.63, 3.8) is 0 Å². The van der Waals surface area contributed by atoms with Crippen molar-refractivity contribution in [2.75, 3.05) is 6.54 Å². The zero-order valence-corrected chi connectivity index (χ0v) is 9.71. The van der Waals surface area contributed by atoms with Gasteiger partial charge in [-0.2, -0.15) is 0 Å². The van der Waals surface area contributed by atoms with E-state index < -0.39 is 0 Å². The van der Waals surface area contributed by atoms with Gasteiger partial charge in [-0.3, -0.25) is 0 Å². The van der Waals surface area contributed by atoms with Gasteiger partial charge in [0.15, 0.2) is 0 Å². The molecule has 1 fully saturated rings. The van der Waals surface area contributed by atoms with Crippen LogP contribution in [0.15, 0.2) is 24.3 Å². The van der Waals surface area contributed by atoms with Crippen molar-refractivity contribution in [3.05, 3.63) is 34.9 Å². The number of nitrogens with two attached hydrogens (primary N) is 1. The van der Waals surface area contributed by atoms with Crippen molar-refractivity contribution in [3.8, 4) is 0 Å². The lowest BCUT2D eigenvalue weighted by Crippen LogP contribution is -2.25. The summed E-state index contributed by atoms with van der Waals surface area (Å²) in [5.41, 5.74) is 7.21. The summed E-state index contributed by atoms with van der Waals surface area (Å²) in [4.78, 5) is 0. The topological polar surface area (TPSA) is 26.0 Å². The second kappa shape index (κ2) is 5.00. The van der Waals surface area contributed by atoms with E-state index in [2.05, 4.69) is 12.1 Å². The molecule has 0 spiro atoms. The molecule has 1 aliphatic carbocycles. The first-order valence-electron chi connectivity index (χ1n) is 5.77. The van der Waals surface area contributed by atoms with Crippen LogP contribution in [0.25, 0.3) is 0 Å². The van der Waals surface area contributed by atoms with Crippen molar-refractivity contribution < 1.29 is 0 Å². The minimum absolute atomic E-state index is 0.627. The molecule has 2 N–H and O–H groups in total. The molecule has 0 aromatic heterocycles. The van der Waals surface area contributed by atoms with Crippen molar-refractivity contribution in [2.45, 2.75) is 31.6 Å². The number of hydrogen-bond donors (Lipinski definition) is 1. The summed E-state index contributed by atoms with van der Waals surface area (Å²) in [7, 11) is 0. The summed E-state index contributed by atoms with van der Waals surface area (Å²) < 4.78 is 0. The highest BCUT2D eigenvalue weighted by atomic mass is 35.5. The lowest BCUT2D eigenvalue weighted by Gasteiger charge is -2.31. The SMILES string of the molecule is NCC1CCCCC1c1cccc(Cl)c1. The monoisotopic (exact) mass is 223 g/mol. The molecule has 1 nitrogen and oxygen atoms in total. The Hall–Kier alpha value is -0.530. The van der Waals surface area contributed by atoms with Gasteiger partial charge in [-0.25, -0.2) is 0 Å². The Balaban J connectivity index is 2.20. The van der Waals surface area contributed by atoms with E-state index in [1.165, 1.54) is 31.2 Å². The maximum Gasteiger partial charge on any atom is 0.0408 e. The first kappa shape index (κ1) is 11.0. The fourth-order valence-corrected chi connectivity index (χ4v) is 2.86. The van der Waals surface area contributed by atoms with Gasteiger partial charge in [0.25, 0.3) is 0 Å². The molecule has 0 amide bonds. The van der Waals surface area contributed by atoms with E-state index in [-0.39, 0.29) is 0 Å². The average molecular weight is 224 g/mol. The van der Waals surface area contributed by atoms with Crippen molar-refractivity contribution >= 4 is 11.6 Å². The standard InChI is InChI=1S/C13H18ClN/c14-12-6-3-5-10(8-12)13-7-2-1-4-11(13)9-15/h3,5-6,8,11,13H,1-2,4,7,9,15H2. The molecule has 15 heavy (non-hydrogen) atoms. The van der Waals surface area contributed by atoms with E-state index in [0.717, 1.165) is 11.6 Å². The van der Waals surface area contributed by atoms with Crippen LogP contribution in [0.2, 0.25) is 5.02 Å². The van der Waals surface area contributed by atoms with Crippen molar-refractivity contribution in [2.24, 2.45) is 11.7 Å². The first-order chi connectivity index (χ1) is 7.31. The van der Waals surface area contributed by atoms with E-state index in [1.807, 2.05) is 12.1 Å². The van der Waals surface area contributed by atoms with E-state index in [1.54, 1.807) is 0 Å². The molecule has 2 atom stereocenters. The van der Waals surface area contributed by atoms with Crippen LogP contribution in [0, 0.1) is 5.92 Å². The van der Waals surface area contributed by atoms with Crippen LogP contribution < -0.4 is 5.73 Å². The molecule has 2 rings (SSSR count). The summed E-state index contributed by atoms with van der Waals surface area (Å²) in [5, 5.41) is 0.842. The highest BCUT2D eigenvalue weighted by Crippen LogP contribution is 2.37. The van der Waals surface area contributed by atoms with E-state index in [4.69, 9.17) is 17.3 Å². The van der Waals surface area contributed by atoms with Gasteiger partial charge >= 0.3 is 0 Å². The number of halogens is 1. The second-order valence-electron chi connectivity index (χ2n) is 4.44. The Bertz CT molecular complexity index is 324. The lowest BCUT2D eigenvalue weighted by molar-refractivity contribution is 0.314. The highest BCUT2D eigenvalue weighted by molar-refractivity contribution is 6.30. The minimum Gasteiger partial charge on any atom is -0.330 e. The van der Waals surface area contributed by atoms with E-state index in [9.17, 15) is 0 Å². The Morgan fingerprint density at radius 1 is 1.27 bits per heavy atom. The summed E-state index contributed by atoms with van der Waals surface area (Å²) in [6.07, 6.45) is 5.20. The molecular weight excluding hydrogens is 206 g/mol. The third kappa shape index (κ3) is 2.53. The van der Waals surface area contributed by atoms with Crippen LogP contribution in [-0.2, 0) is 0 Å². The lowest BCUT2D eigenvalue weighted by atomic mass is 9.75. The van der Waals surface area contributed by atoms with Gasteiger partial charge in [0.1, 0.15) is 0 Å². The second-order valence-corrected chi connectivity index (χ2v) is 4.88. The predicted octanol–water partition coefficient (Wildman–Crippen LogP) is 3.57. The number of benzene rings is 1. The quantitative estimate of drug-likeness (QED) is 0.815. The third-order valence-corrected chi connectivity index (χ3v) is 3.72. The minimum atomic E-state index is 0.627. The first-order valence-corrected chi connectivity index (χ1v) is 6.14. The molecule has 0 aliphatic heterocycles. The molecular formula is C13H18ClN. The zero-order chi connectivity index (χ0) is 10.7. The van der Waals surface area contributed by atoms with Gasteiger partial charge in [-0.15, -0.1) is 0 Å². The summed E-state index contributed by atoms with van der Waals surface area (Å²) >= 11 is 6.02. The molecule has 0 bridgehead atoms. The van der Waals surface area contributed by atoms with Gasteiger partial charge in [0.05, 0.1) is 0 Å². The number of hydrogen-bond acceptors (Lipinski definition) is 1. The maximum atomic E-state index is 6.02. The largest absolute Gasteiger partial charge is 0.330 e. The molecule has 82 valence electrons. The smallest absolute Gasteiger partial charge is 0.0408 e. The third-order valence-electron chi connectivity index (χ3n) is 3.49. The zero-order valence-electron chi connectivity index (χ0n) is 8.95. The molecule has 0 radical (unpaired) electrons. The Labute approximate surface area is 96.6 Å². The normalized spacial score (nSPS) is 26.5. The molecule has 1 aromatic carbocycles. The molecule has 2 heteroatoms. The van der Waals surface area contributed by atoms with Gasteiger partial charge in [0.2, 0.25) is 0 Å². The van der Waals surface area contributed by atoms with Gasteiger partial charge in [-0.05, 0) is 48.9 Å². The van der Waals surface area contributed by atoms with Gasteiger partial charge < -0.3 is 5.73 Å². The van der Waals surface area contributed by atoms with Crippen LogP contribution in [0.5, 0.6) is 0 Å². The van der Waals surface area contributed by atoms with Gasteiger partial charge in [-0.1, -0.05) is 36.6 Å². The Morgan fingerprint density at radius 3 is 2.80 bits per heavy atom. The fraction of sp³-hybridized carbons (Fsp3) is 0.538. The summed E-state index contributed by atoms with van der Waals surface area (Å²) in [6, 6.07) is 8.26. The van der Waals surface area contributed by atoms with Crippen LogP contribution in [0.4, 0.5) is 0 Å². The van der Waals surface area contributed by atoms with Crippen LogP contribution in [-0.4, -0.2) is 6.54 Å². The molecule has 0 heterocycles. The molecule has 0 saturated heterocycles. The van der Waals surface area contributed by atoms with Crippen LogP contribution in [0.3, 0.4) is 0 Å². The van der Waals surface area contributed by atoms with Crippen LogP contribution in [0.1, 0.15) is 37.2 Å². The molecule has 1 aromatic rings. The van der Waals surface area contributed by atoms with Gasteiger partial charge in [0, 0.05) is 5.02 Å². The summed E-state index contributed by atoms with van der Waals surface area (Å²) in [6.45, 7) is 0.803. The molecule has 1 saturated carbocycles. The fourth-order valence-electron chi connectivity index (χ4n) is 2.67. The van der Waals surface area contributed by atoms with E-state index in [0.29, 0.717) is 11.8 Å². The van der Waals surface area contributed by atoms with Crippen molar-refractivity contribution in [1.29, 1.82) is 0 Å². The highest BCUT2D eigenvalue weighted by Gasteiger charge is 2.25. The maximum absolute atomic E-state index is 6.02. The number of rotatable bonds is 2. The Kier molecular flexibility index (Phi) is 3.66. The van der Waals surface area contributed by atoms with E-state index >= 15 is 0 Å². The van der Waals surface area contributed by atoms with Crippen LogP contribution >= 0.6 is 11.6 Å². The molecule has 1 aliphatic rings. The molecule has 2 unspecified atom stereocenters.